The van der Waals surface area contributed by atoms with Crippen molar-refractivity contribution in [3.8, 4) is 5.75 Å². The van der Waals surface area contributed by atoms with Crippen LogP contribution < -0.4 is 15.7 Å². The van der Waals surface area contributed by atoms with Crippen molar-refractivity contribution in [2.45, 2.75) is 26.9 Å². The Hall–Kier alpha value is -2.79. The summed E-state index contributed by atoms with van der Waals surface area (Å²) in [5.74, 6) is 0.156. The van der Waals surface area contributed by atoms with Gasteiger partial charge in [0, 0.05) is 28.2 Å². The lowest BCUT2D eigenvalue weighted by molar-refractivity contribution is -0.122. The van der Waals surface area contributed by atoms with Crippen LogP contribution in [0.4, 0.5) is 5.69 Å². The number of hydrogen-bond acceptors (Lipinski definition) is 4. The number of halogens is 1. The maximum Gasteiger partial charge on any atom is 0.336 e. The fraction of sp³-hybridized carbons (Fsp3) is 0.200. The Labute approximate surface area is 155 Å². The van der Waals surface area contributed by atoms with Gasteiger partial charge in [0.05, 0.1) is 0 Å². The van der Waals surface area contributed by atoms with Gasteiger partial charge in [0.1, 0.15) is 11.3 Å². The molecule has 134 valence electrons. The molecule has 0 spiro atoms. The van der Waals surface area contributed by atoms with Crippen LogP contribution in [0.2, 0.25) is 5.02 Å². The van der Waals surface area contributed by atoms with Crippen molar-refractivity contribution in [1.82, 2.24) is 0 Å². The van der Waals surface area contributed by atoms with E-state index in [1.165, 1.54) is 6.07 Å². The zero-order chi connectivity index (χ0) is 18.8. The second-order valence-corrected chi connectivity index (χ2v) is 6.55. The van der Waals surface area contributed by atoms with Gasteiger partial charge >= 0.3 is 5.63 Å². The fourth-order valence-corrected chi connectivity index (χ4v) is 2.86. The summed E-state index contributed by atoms with van der Waals surface area (Å²) in [6.07, 6.45) is -0.737. The first-order chi connectivity index (χ1) is 12.3. The lowest BCUT2D eigenvalue weighted by atomic mass is 10.1. The highest BCUT2D eigenvalue weighted by molar-refractivity contribution is 6.30. The van der Waals surface area contributed by atoms with Crippen LogP contribution in [0.1, 0.15) is 18.1 Å². The average Bonchev–Trinajstić information content (AvgIpc) is 2.56. The van der Waals surface area contributed by atoms with Crippen LogP contribution in [0, 0.1) is 13.8 Å². The van der Waals surface area contributed by atoms with Gasteiger partial charge in [-0.1, -0.05) is 11.6 Å². The van der Waals surface area contributed by atoms with Crippen molar-refractivity contribution in [2.75, 3.05) is 5.32 Å². The molecule has 1 N–H and O–H groups in total. The molecule has 1 aromatic heterocycles. The van der Waals surface area contributed by atoms with Gasteiger partial charge in [0.2, 0.25) is 0 Å². The molecule has 1 heterocycles. The van der Waals surface area contributed by atoms with Crippen LogP contribution in [0.5, 0.6) is 5.75 Å². The monoisotopic (exact) mass is 371 g/mol. The van der Waals surface area contributed by atoms with E-state index < -0.39 is 11.7 Å². The molecule has 3 rings (SSSR count). The van der Waals surface area contributed by atoms with E-state index in [0.717, 1.165) is 16.5 Å². The molecule has 0 saturated heterocycles. The Morgan fingerprint density at radius 2 is 1.88 bits per heavy atom. The van der Waals surface area contributed by atoms with E-state index >= 15 is 0 Å². The topological polar surface area (TPSA) is 68.5 Å². The van der Waals surface area contributed by atoms with E-state index in [4.69, 9.17) is 20.8 Å². The molecule has 0 fully saturated rings. The molecule has 0 aliphatic heterocycles. The van der Waals surface area contributed by atoms with E-state index in [0.29, 0.717) is 22.0 Å². The number of rotatable bonds is 4. The number of carbonyl (C=O) groups excluding carboxylic acids is 1. The molecule has 26 heavy (non-hydrogen) atoms. The molecule has 0 aliphatic carbocycles. The number of anilines is 1. The van der Waals surface area contributed by atoms with Crippen molar-refractivity contribution in [3.05, 3.63) is 69.0 Å². The first kappa shape index (κ1) is 18.0. The van der Waals surface area contributed by atoms with Crippen LogP contribution >= 0.6 is 11.6 Å². The van der Waals surface area contributed by atoms with Gasteiger partial charge < -0.3 is 14.5 Å². The second kappa shape index (κ2) is 7.22. The lowest BCUT2D eigenvalue weighted by Gasteiger charge is -2.16. The third-order valence-electron chi connectivity index (χ3n) is 4.05. The molecule has 2 aromatic carbocycles. The minimum atomic E-state index is -0.737. The van der Waals surface area contributed by atoms with Crippen LogP contribution in [-0.4, -0.2) is 12.0 Å². The van der Waals surface area contributed by atoms with Crippen molar-refractivity contribution >= 4 is 34.2 Å². The highest BCUT2D eigenvalue weighted by Gasteiger charge is 2.16. The molecular weight excluding hydrogens is 354 g/mol. The van der Waals surface area contributed by atoms with Gasteiger partial charge in [0.15, 0.2) is 6.10 Å². The lowest BCUT2D eigenvalue weighted by Crippen LogP contribution is -2.30. The van der Waals surface area contributed by atoms with Gasteiger partial charge in [-0.25, -0.2) is 4.79 Å². The second-order valence-electron chi connectivity index (χ2n) is 6.11. The van der Waals surface area contributed by atoms with E-state index in [1.54, 1.807) is 43.3 Å². The van der Waals surface area contributed by atoms with Gasteiger partial charge in [-0.15, -0.1) is 0 Å². The summed E-state index contributed by atoms with van der Waals surface area (Å²) in [7, 11) is 0. The molecule has 3 aromatic rings. The fourth-order valence-electron chi connectivity index (χ4n) is 2.64. The normalized spacial score (nSPS) is 12.0. The number of fused-ring (bicyclic) bond motifs is 1. The predicted molar refractivity (Wildman–Crippen MR) is 102 cm³/mol. The Bertz CT molecular complexity index is 1040. The molecule has 0 aliphatic rings. The highest BCUT2D eigenvalue weighted by atomic mass is 35.5. The first-order valence-corrected chi connectivity index (χ1v) is 8.49. The molecule has 1 atom stereocenters. The van der Waals surface area contributed by atoms with Gasteiger partial charge in [-0.3, -0.25) is 4.79 Å². The van der Waals surface area contributed by atoms with Crippen molar-refractivity contribution in [1.29, 1.82) is 0 Å². The standard InChI is InChI=1S/C20H18ClNO4/c1-11-9-19(23)26-18-10-15(5-6-16(11)18)25-13(3)20(24)22-17-7-4-14(21)8-12(17)2/h4-10,13H,1-3H3,(H,22,24). The van der Waals surface area contributed by atoms with E-state index in [-0.39, 0.29) is 5.91 Å². The van der Waals surface area contributed by atoms with Crippen molar-refractivity contribution < 1.29 is 13.9 Å². The Kier molecular flexibility index (Phi) is 5.00. The van der Waals surface area contributed by atoms with E-state index in [1.807, 2.05) is 13.8 Å². The highest BCUT2D eigenvalue weighted by Crippen LogP contribution is 2.24. The van der Waals surface area contributed by atoms with Gasteiger partial charge in [-0.05, 0) is 62.2 Å². The van der Waals surface area contributed by atoms with E-state index in [2.05, 4.69) is 5.32 Å². The molecule has 6 heteroatoms. The Balaban J connectivity index is 1.76. The van der Waals surface area contributed by atoms with E-state index in [9.17, 15) is 9.59 Å². The molecule has 5 nitrogen and oxygen atoms in total. The minimum Gasteiger partial charge on any atom is -0.481 e. The quantitative estimate of drug-likeness (QED) is 0.687. The van der Waals surface area contributed by atoms with Crippen LogP contribution in [-0.2, 0) is 4.79 Å². The number of hydrogen-bond donors (Lipinski definition) is 1. The maximum absolute atomic E-state index is 12.4. The summed E-state index contributed by atoms with van der Waals surface area (Å²) < 4.78 is 10.9. The predicted octanol–water partition coefficient (Wildman–Crippen LogP) is 4.47. The molecule has 1 unspecified atom stereocenters. The molecular formula is C20H18ClNO4. The number of nitrogens with one attached hydrogen (secondary N) is 1. The van der Waals surface area contributed by atoms with Crippen molar-refractivity contribution in [3.63, 3.8) is 0 Å². The summed E-state index contributed by atoms with van der Waals surface area (Å²) in [6.45, 7) is 5.35. The third kappa shape index (κ3) is 3.89. The minimum absolute atomic E-state index is 0.291. The smallest absolute Gasteiger partial charge is 0.336 e. The number of amides is 1. The summed E-state index contributed by atoms with van der Waals surface area (Å²) >= 11 is 5.92. The number of aryl methyl sites for hydroxylation is 2. The molecule has 0 saturated carbocycles. The largest absolute Gasteiger partial charge is 0.481 e. The van der Waals surface area contributed by atoms with Gasteiger partial charge in [-0.2, -0.15) is 0 Å². The summed E-state index contributed by atoms with van der Waals surface area (Å²) in [6, 6.07) is 11.8. The van der Waals surface area contributed by atoms with Crippen LogP contribution in [0.25, 0.3) is 11.0 Å². The summed E-state index contributed by atoms with van der Waals surface area (Å²) in [5, 5.41) is 4.25. The zero-order valence-corrected chi connectivity index (χ0v) is 15.4. The van der Waals surface area contributed by atoms with Crippen LogP contribution in [0.3, 0.4) is 0 Å². The number of carbonyl (C=O) groups is 1. The zero-order valence-electron chi connectivity index (χ0n) is 14.6. The van der Waals surface area contributed by atoms with Crippen LogP contribution in [0.15, 0.2) is 51.7 Å². The first-order valence-electron chi connectivity index (χ1n) is 8.11. The Morgan fingerprint density at radius 3 is 2.62 bits per heavy atom. The average molecular weight is 372 g/mol. The number of benzene rings is 2. The third-order valence-corrected chi connectivity index (χ3v) is 4.29. The van der Waals surface area contributed by atoms with Gasteiger partial charge in [0.25, 0.3) is 5.91 Å². The van der Waals surface area contributed by atoms with Crippen molar-refractivity contribution in [2.24, 2.45) is 0 Å². The summed E-state index contributed by atoms with van der Waals surface area (Å²) in [4.78, 5) is 23.9. The Morgan fingerprint density at radius 1 is 1.12 bits per heavy atom. The SMILES string of the molecule is Cc1cc(Cl)ccc1NC(=O)C(C)Oc1ccc2c(C)cc(=O)oc2c1. The molecule has 0 bridgehead atoms. The maximum atomic E-state index is 12.4. The molecule has 0 radical (unpaired) electrons. The molecule has 1 amide bonds. The number of ether oxygens (including phenoxy) is 1. The summed E-state index contributed by atoms with van der Waals surface area (Å²) in [5.41, 5.74) is 2.37.